The van der Waals surface area contributed by atoms with Crippen LogP contribution in [0.25, 0.3) is 16.8 Å². The number of hydrogen-bond acceptors (Lipinski definition) is 2. The Morgan fingerprint density at radius 3 is 2.55 bits per heavy atom. The van der Waals surface area contributed by atoms with Crippen LogP contribution < -0.4 is 10.9 Å². The zero-order valence-electron chi connectivity index (χ0n) is 11.3. The number of rotatable bonds is 1. The van der Waals surface area contributed by atoms with Crippen LogP contribution in [0.4, 0.5) is 0 Å². The third-order valence-electron chi connectivity index (χ3n) is 3.76. The van der Waals surface area contributed by atoms with E-state index >= 15 is 0 Å². The maximum absolute atomic E-state index is 11.8. The van der Waals surface area contributed by atoms with Crippen molar-refractivity contribution in [2.24, 2.45) is 5.41 Å². The van der Waals surface area contributed by atoms with E-state index in [-0.39, 0.29) is 5.91 Å². The number of fused-ring (bicyclic) bond motifs is 1. The van der Waals surface area contributed by atoms with Crippen molar-refractivity contribution in [1.82, 2.24) is 10.9 Å². The summed E-state index contributed by atoms with van der Waals surface area (Å²) in [5.41, 5.74) is 6.75. The lowest BCUT2D eigenvalue weighted by Crippen LogP contribution is -2.28. The quantitative estimate of drug-likeness (QED) is 0.842. The molecule has 0 saturated carbocycles. The monoisotopic (exact) mass is 286 g/mol. The highest BCUT2D eigenvalue weighted by atomic mass is 35.5. The highest BCUT2D eigenvalue weighted by Gasteiger charge is 2.37. The van der Waals surface area contributed by atoms with Gasteiger partial charge in [-0.1, -0.05) is 41.9 Å². The lowest BCUT2D eigenvalue weighted by atomic mass is 9.88. The van der Waals surface area contributed by atoms with E-state index < -0.39 is 5.41 Å². The summed E-state index contributed by atoms with van der Waals surface area (Å²) in [6, 6.07) is 11.9. The van der Waals surface area contributed by atoms with E-state index in [2.05, 4.69) is 10.9 Å². The second-order valence-electron chi connectivity index (χ2n) is 5.44. The van der Waals surface area contributed by atoms with Crippen molar-refractivity contribution in [3.05, 3.63) is 52.7 Å². The topological polar surface area (TPSA) is 41.1 Å². The van der Waals surface area contributed by atoms with E-state index in [4.69, 9.17) is 11.6 Å². The molecular weight excluding hydrogens is 272 g/mol. The normalized spacial score (nSPS) is 19.1. The van der Waals surface area contributed by atoms with Gasteiger partial charge in [-0.2, -0.15) is 0 Å². The summed E-state index contributed by atoms with van der Waals surface area (Å²) in [4.78, 5) is 11.8. The number of carbonyl (C=O) groups is 1. The maximum Gasteiger partial charge on any atom is 0.249 e. The van der Waals surface area contributed by atoms with Crippen LogP contribution in [0.2, 0.25) is 5.02 Å². The van der Waals surface area contributed by atoms with Gasteiger partial charge in [0.15, 0.2) is 0 Å². The Hall–Kier alpha value is -2.00. The molecule has 0 bridgehead atoms. The Labute approximate surface area is 122 Å². The molecule has 1 heterocycles. The summed E-state index contributed by atoms with van der Waals surface area (Å²) in [5, 5.41) is 2.87. The minimum absolute atomic E-state index is 0.0416. The average Bonchev–Trinajstić information content (AvgIpc) is 2.68. The van der Waals surface area contributed by atoms with Gasteiger partial charge in [0.2, 0.25) is 5.91 Å². The molecule has 0 aliphatic carbocycles. The van der Waals surface area contributed by atoms with Crippen LogP contribution >= 0.6 is 11.6 Å². The van der Waals surface area contributed by atoms with Crippen molar-refractivity contribution in [3.8, 4) is 0 Å². The molecule has 20 heavy (non-hydrogen) atoms. The fourth-order valence-electron chi connectivity index (χ4n) is 2.34. The van der Waals surface area contributed by atoms with Crippen LogP contribution in [-0.2, 0) is 4.79 Å². The van der Waals surface area contributed by atoms with E-state index in [0.29, 0.717) is 5.02 Å². The molecule has 1 saturated heterocycles. The first-order valence-corrected chi connectivity index (χ1v) is 6.84. The average molecular weight is 287 g/mol. The van der Waals surface area contributed by atoms with Gasteiger partial charge in [-0.15, -0.1) is 0 Å². The Morgan fingerprint density at radius 2 is 1.85 bits per heavy atom. The van der Waals surface area contributed by atoms with Gasteiger partial charge in [-0.25, -0.2) is 0 Å². The number of amides is 1. The molecule has 102 valence electrons. The predicted molar refractivity (Wildman–Crippen MR) is 82.0 cm³/mol. The first-order chi connectivity index (χ1) is 9.50. The summed E-state index contributed by atoms with van der Waals surface area (Å²) in [7, 11) is 0. The second-order valence-corrected chi connectivity index (χ2v) is 5.85. The predicted octanol–water partition coefficient (Wildman–Crippen LogP) is 3.49. The lowest BCUT2D eigenvalue weighted by Gasteiger charge is -2.15. The van der Waals surface area contributed by atoms with Crippen LogP contribution in [0.3, 0.4) is 0 Å². The van der Waals surface area contributed by atoms with Gasteiger partial charge >= 0.3 is 0 Å². The van der Waals surface area contributed by atoms with Crippen molar-refractivity contribution in [1.29, 1.82) is 0 Å². The van der Waals surface area contributed by atoms with Crippen molar-refractivity contribution in [2.45, 2.75) is 13.8 Å². The second kappa shape index (κ2) is 4.53. The van der Waals surface area contributed by atoms with Crippen LogP contribution in [0.1, 0.15) is 19.4 Å². The zero-order chi connectivity index (χ0) is 14.3. The standard InChI is InChI=1S/C16H15ClN2O/c1-16(2)14(18-19-15(16)20)9-12-11-6-4-3-5-10(11)7-8-13(12)17/h3-9,18H,1-2H3,(H,19,20)/b14-9-. The molecule has 0 unspecified atom stereocenters. The van der Waals surface area contributed by atoms with E-state index in [0.717, 1.165) is 22.0 Å². The molecule has 0 aromatic heterocycles. The number of halogens is 1. The highest BCUT2D eigenvalue weighted by molar-refractivity contribution is 6.33. The number of hydrazine groups is 1. The largest absolute Gasteiger partial charge is 0.302 e. The molecule has 0 atom stereocenters. The van der Waals surface area contributed by atoms with Crippen molar-refractivity contribution < 1.29 is 4.79 Å². The first-order valence-electron chi connectivity index (χ1n) is 6.46. The molecule has 0 spiro atoms. The van der Waals surface area contributed by atoms with Crippen LogP contribution in [-0.4, -0.2) is 5.91 Å². The van der Waals surface area contributed by atoms with E-state index in [1.807, 2.05) is 56.3 Å². The molecule has 1 aliphatic rings. The maximum atomic E-state index is 11.8. The molecule has 2 N–H and O–H groups in total. The van der Waals surface area contributed by atoms with E-state index in [1.54, 1.807) is 0 Å². The van der Waals surface area contributed by atoms with E-state index in [1.165, 1.54) is 0 Å². The lowest BCUT2D eigenvalue weighted by molar-refractivity contribution is -0.125. The fraction of sp³-hybridized carbons (Fsp3) is 0.188. The SMILES string of the molecule is CC1(C)C(=O)NN/C1=C\c1c(Cl)ccc2ccccc12. The van der Waals surface area contributed by atoms with Gasteiger partial charge in [0.25, 0.3) is 0 Å². The molecular formula is C16H15ClN2O. The summed E-state index contributed by atoms with van der Waals surface area (Å²) in [5.74, 6) is -0.0416. The van der Waals surface area contributed by atoms with Gasteiger partial charge < -0.3 is 5.43 Å². The molecule has 4 heteroatoms. The van der Waals surface area contributed by atoms with Crippen LogP contribution in [0.15, 0.2) is 42.1 Å². The van der Waals surface area contributed by atoms with Crippen molar-refractivity contribution in [2.75, 3.05) is 0 Å². The van der Waals surface area contributed by atoms with Gasteiger partial charge in [0, 0.05) is 16.3 Å². The number of hydrogen-bond donors (Lipinski definition) is 2. The smallest absolute Gasteiger partial charge is 0.249 e. The molecule has 3 nitrogen and oxygen atoms in total. The Bertz CT molecular complexity index is 734. The van der Waals surface area contributed by atoms with Gasteiger partial charge in [0.05, 0.1) is 5.41 Å². The summed E-state index contributed by atoms with van der Waals surface area (Å²) >= 11 is 6.33. The molecule has 2 aromatic rings. The van der Waals surface area contributed by atoms with Crippen LogP contribution in [0.5, 0.6) is 0 Å². The molecule has 1 aliphatic heterocycles. The molecule has 1 fully saturated rings. The Morgan fingerprint density at radius 1 is 1.10 bits per heavy atom. The minimum atomic E-state index is -0.583. The molecule has 0 radical (unpaired) electrons. The molecule has 2 aromatic carbocycles. The number of carbonyl (C=O) groups excluding carboxylic acids is 1. The van der Waals surface area contributed by atoms with Gasteiger partial charge in [-0.05, 0) is 36.8 Å². The number of benzene rings is 2. The summed E-state index contributed by atoms with van der Waals surface area (Å²) < 4.78 is 0. The third-order valence-corrected chi connectivity index (χ3v) is 4.09. The van der Waals surface area contributed by atoms with Gasteiger partial charge in [-0.3, -0.25) is 10.2 Å². The van der Waals surface area contributed by atoms with Crippen molar-refractivity contribution >= 4 is 34.4 Å². The molecule has 3 rings (SSSR count). The Balaban J connectivity index is 2.21. The van der Waals surface area contributed by atoms with E-state index in [9.17, 15) is 4.79 Å². The highest BCUT2D eigenvalue weighted by Crippen LogP contribution is 2.33. The van der Waals surface area contributed by atoms with Crippen molar-refractivity contribution in [3.63, 3.8) is 0 Å². The number of nitrogens with one attached hydrogen (secondary N) is 2. The van der Waals surface area contributed by atoms with Crippen LogP contribution in [0, 0.1) is 5.41 Å². The molecule has 1 amide bonds. The fourth-order valence-corrected chi connectivity index (χ4v) is 2.55. The van der Waals surface area contributed by atoms with Gasteiger partial charge in [0.1, 0.15) is 0 Å². The Kier molecular flexibility index (Phi) is 2.94. The summed E-state index contributed by atoms with van der Waals surface area (Å²) in [6.07, 6.45) is 1.95. The minimum Gasteiger partial charge on any atom is -0.302 e. The third kappa shape index (κ3) is 1.95. The first kappa shape index (κ1) is 13.0. The summed E-state index contributed by atoms with van der Waals surface area (Å²) in [6.45, 7) is 3.76. The zero-order valence-corrected chi connectivity index (χ0v) is 12.1.